The summed E-state index contributed by atoms with van der Waals surface area (Å²) in [5.74, 6) is 1.86. The molecule has 0 radical (unpaired) electrons. The smallest absolute Gasteiger partial charge is 0.156 e. The van der Waals surface area contributed by atoms with Gasteiger partial charge in [0.25, 0.3) is 0 Å². The van der Waals surface area contributed by atoms with Crippen LogP contribution in [0.25, 0.3) is 46.5 Å². The molecule has 0 aliphatic carbocycles. The molecule has 0 spiro atoms. The number of rotatable bonds is 0. The molecule has 0 aromatic carbocycles. The Hall–Kier alpha value is -3.54. The van der Waals surface area contributed by atoms with Crippen molar-refractivity contribution in [1.82, 2.24) is 29.9 Å². The van der Waals surface area contributed by atoms with Crippen LogP contribution in [-0.2, 0) is 0 Å². The van der Waals surface area contributed by atoms with Crippen molar-refractivity contribution >= 4 is 46.5 Å². The standard InChI is InChI=1S/C18H12N6/c1-2-12-10-14-4-6-16(21-14)23-18-8-7-17(24-18)22-15-5-3-13(20-15)9-11(1)19-12/h1-10,19H,(H,20,21,22,23,24). The largest absolute Gasteiger partial charge is 0.355 e. The van der Waals surface area contributed by atoms with Gasteiger partial charge in [0.05, 0.1) is 5.69 Å². The minimum atomic E-state index is 0.603. The van der Waals surface area contributed by atoms with Gasteiger partial charge in [-0.05, 0) is 60.7 Å². The van der Waals surface area contributed by atoms with E-state index in [0.29, 0.717) is 17.5 Å². The number of H-pyrrole nitrogens is 2. The molecule has 3 aromatic heterocycles. The normalized spacial score (nSPS) is 12.7. The van der Waals surface area contributed by atoms with E-state index in [1.165, 1.54) is 0 Å². The second kappa shape index (κ2) is 4.99. The van der Waals surface area contributed by atoms with Crippen molar-refractivity contribution in [3.05, 3.63) is 59.6 Å². The molecule has 24 heavy (non-hydrogen) atoms. The molecule has 6 nitrogen and oxygen atoms in total. The number of nitrogens with zero attached hydrogens (tertiary/aromatic N) is 4. The Morgan fingerprint density at radius 1 is 0.542 bits per heavy atom. The van der Waals surface area contributed by atoms with Gasteiger partial charge >= 0.3 is 0 Å². The zero-order valence-corrected chi connectivity index (χ0v) is 12.6. The van der Waals surface area contributed by atoms with E-state index in [4.69, 9.17) is 0 Å². The highest BCUT2D eigenvalue weighted by Gasteiger charge is 2.04. The number of fused-ring (bicyclic) bond motifs is 8. The molecule has 5 rings (SSSR count). The average Bonchev–Trinajstić information content (AvgIpc) is 3.32. The highest BCUT2D eigenvalue weighted by molar-refractivity contribution is 5.74. The lowest BCUT2D eigenvalue weighted by molar-refractivity contribution is 1.08. The number of hydrogen-bond donors (Lipinski definition) is 2. The summed E-state index contributed by atoms with van der Waals surface area (Å²) in [5, 5.41) is 0. The third-order valence-corrected chi connectivity index (χ3v) is 3.76. The fourth-order valence-electron chi connectivity index (χ4n) is 2.69. The van der Waals surface area contributed by atoms with Gasteiger partial charge in [-0.1, -0.05) is 0 Å². The van der Waals surface area contributed by atoms with Crippen LogP contribution in [-0.4, -0.2) is 29.9 Å². The third-order valence-electron chi connectivity index (χ3n) is 3.76. The number of nitrogens with one attached hydrogen (secondary N) is 2. The van der Waals surface area contributed by atoms with E-state index >= 15 is 0 Å². The van der Waals surface area contributed by atoms with Crippen LogP contribution in [0.5, 0.6) is 0 Å². The molecule has 0 amide bonds. The van der Waals surface area contributed by atoms with Crippen molar-refractivity contribution in [3.8, 4) is 0 Å². The van der Waals surface area contributed by atoms with Crippen molar-refractivity contribution in [2.45, 2.75) is 0 Å². The summed E-state index contributed by atoms with van der Waals surface area (Å²) in [6.45, 7) is 0. The van der Waals surface area contributed by atoms with Crippen LogP contribution in [0.4, 0.5) is 0 Å². The van der Waals surface area contributed by atoms with Gasteiger partial charge in [0.15, 0.2) is 17.5 Å². The predicted molar refractivity (Wildman–Crippen MR) is 94.4 cm³/mol. The van der Waals surface area contributed by atoms with E-state index in [9.17, 15) is 0 Å². The molecule has 2 N–H and O–H groups in total. The Bertz CT molecular complexity index is 1070. The van der Waals surface area contributed by atoms with Crippen LogP contribution in [0.1, 0.15) is 23.2 Å². The van der Waals surface area contributed by atoms with E-state index < -0.39 is 0 Å². The summed E-state index contributed by atoms with van der Waals surface area (Å²) in [7, 11) is 0. The molecule has 2 aliphatic rings. The van der Waals surface area contributed by atoms with E-state index in [0.717, 1.165) is 27.9 Å². The number of aromatic nitrogens is 6. The molecule has 0 saturated heterocycles. The lowest BCUT2D eigenvalue weighted by atomic mass is 10.4. The number of hydrogen-bond acceptors (Lipinski definition) is 4. The van der Waals surface area contributed by atoms with Crippen LogP contribution in [0.2, 0.25) is 0 Å². The van der Waals surface area contributed by atoms with Gasteiger partial charge < -0.3 is 9.97 Å². The number of aromatic amines is 2. The maximum Gasteiger partial charge on any atom is 0.156 e. The Morgan fingerprint density at radius 2 is 1.17 bits per heavy atom. The van der Waals surface area contributed by atoms with E-state index in [1.807, 2.05) is 60.7 Å². The van der Waals surface area contributed by atoms with Gasteiger partial charge in [-0.25, -0.2) is 19.9 Å². The van der Waals surface area contributed by atoms with E-state index in [-0.39, 0.29) is 0 Å². The maximum atomic E-state index is 4.49. The van der Waals surface area contributed by atoms with Crippen molar-refractivity contribution in [2.24, 2.45) is 0 Å². The molecule has 5 heterocycles. The van der Waals surface area contributed by atoms with Crippen LogP contribution in [0.15, 0.2) is 36.4 Å². The zero-order valence-electron chi connectivity index (χ0n) is 12.6. The molecule has 0 atom stereocenters. The summed E-state index contributed by atoms with van der Waals surface area (Å²) < 4.78 is 0. The van der Waals surface area contributed by atoms with Gasteiger partial charge in [-0.3, -0.25) is 0 Å². The van der Waals surface area contributed by atoms with Crippen LogP contribution in [0.3, 0.4) is 0 Å². The third kappa shape index (κ3) is 2.40. The quantitative estimate of drug-likeness (QED) is 0.459. The Labute approximate surface area is 136 Å². The zero-order chi connectivity index (χ0) is 15.9. The molecular weight excluding hydrogens is 300 g/mol. The molecule has 0 saturated carbocycles. The lowest BCUT2D eigenvalue weighted by Gasteiger charge is -1.85. The van der Waals surface area contributed by atoms with Crippen molar-refractivity contribution < 1.29 is 0 Å². The minimum absolute atomic E-state index is 0.603. The second-order valence-electron chi connectivity index (χ2n) is 5.57. The van der Waals surface area contributed by atoms with Crippen LogP contribution < -0.4 is 0 Å². The highest BCUT2D eigenvalue weighted by Crippen LogP contribution is 2.14. The SMILES string of the molecule is C1=Cc2nc1cc1ccc(cc3ccc(nc4nc(n2)C=C4)[nH]3)[nH]1. The van der Waals surface area contributed by atoms with E-state index in [1.54, 1.807) is 0 Å². The molecular formula is C18H12N6. The van der Waals surface area contributed by atoms with E-state index in [2.05, 4.69) is 29.9 Å². The molecule has 0 unspecified atom stereocenters. The van der Waals surface area contributed by atoms with Gasteiger partial charge in [-0.15, -0.1) is 0 Å². The Kier molecular flexibility index (Phi) is 2.69. The van der Waals surface area contributed by atoms with Crippen LogP contribution in [0, 0.1) is 0 Å². The Morgan fingerprint density at radius 3 is 2.04 bits per heavy atom. The summed E-state index contributed by atoms with van der Waals surface area (Å²) >= 11 is 0. The summed E-state index contributed by atoms with van der Waals surface area (Å²) in [6.07, 6.45) is 7.49. The monoisotopic (exact) mass is 312 g/mol. The second-order valence-corrected chi connectivity index (χ2v) is 5.57. The molecule has 8 bridgehead atoms. The van der Waals surface area contributed by atoms with Crippen molar-refractivity contribution in [1.29, 1.82) is 0 Å². The summed E-state index contributed by atoms with van der Waals surface area (Å²) in [4.78, 5) is 24.4. The predicted octanol–water partition coefficient (Wildman–Crippen LogP) is 3.45. The van der Waals surface area contributed by atoms with Gasteiger partial charge in [0, 0.05) is 16.6 Å². The first kappa shape index (κ1) is 13.0. The van der Waals surface area contributed by atoms with Gasteiger partial charge in [0.2, 0.25) is 0 Å². The average molecular weight is 312 g/mol. The fourth-order valence-corrected chi connectivity index (χ4v) is 2.69. The first-order valence-corrected chi connectivity index (χ1v) is 7.59. The van der Waals surface area contributed by atoms with Crippen molar-refractivity contribution in [2.75, 3.05) is 0 Å². The highest BCUT2D eigenvalue weighted by atomic mass is 15.0. The summed E-state index contributed by atoms with van der Waals surface area (Å²) in [6, 6.07) is 12.0. The molecule has 6 heteroatoms. The summed E-state index contributed by atoms with van der Waals surface area (Å²) in [5.41, 5.74) is 4.58. The lowest BCUT2D eigenvalue weighted by Crippen LogP contribution is -1.85. The molecule has 114 valence electrons. The fraction of sp³-hybridized carbons (Fsp3) is 0. The van der Waals surface area contributed by atoms with Crippen LogP contribution >= 0.6 is 0 Å². The molecule has 3 aromatic rings. The molecule has 0 fully saturated rings. The topological polar surface area (TPSA) is 83.1 Å². The van der Waals surface area contributed by atoms with Gasteiger partial charge in [0.1, 0.15) is 5.65 Å². The maximum absolute atomic E-state index is 4.49. The first-order chi connectivity index (χ1) is 11.8. The van der Waals surface area contributed by atoms with Gasteiger partial charge in [-0.2, -0.15) is 0 Å². The van der Waals surface area contributed by atoms with Crippen molar-refractivity contribution in [3.63, 3.8) is 0 Å². The Balaban J connectivity index is 1.85. The molecule has 2 aliphatic heterocycles. The minimum Gasteiger partial charge on any atom is -0.355 e. The first-order valence-electron chi connectivity index (χ1n) is 7.59.